The number of nitrogens with one attached hydrogen (secondary N) is 1. The first-order chi connectivity index (χ1) is 15.4. The van der Waals surface area contributed by atoms with Crippen molar-refractivity contribution >= 4 is 27.1 Å². The van der Waals surface area contributed by atoms with Gasteiger partial charge in [0.25, 0.3) is 5.91 Å². The van der Waals surface area contributed by atoms with E-state index in [0.29, 0.717) is 5.69 Å². The van der Waals surface area contributed by atoms with Crippen LogP contribution in [0, 0.1) is 11.6 Å². The second-order valence-corrected chi connectivity index (χ2v) is 11.4. The number of alkyl halides is 1. The normalized spacial score (nSPS) is 19.3. The van der Waals surface area contributed by atoms with Crippen LogP contribution in [0.25, 0.3) is 5.52 Å². The highest BCUT2D eigenvalue weighted by Crippen LogP contribution is 2.39. The molecule has 1 aromatic carbocycles. The fourth-order valence-corrected chi connectivity index (χ4v) is 4.45. The Hall–Kier alpha value is -3.08. The SMILES string of the molecule is CC(C)(C)S(=O)(=O)NC(=O)c1cnn2ccc(N3C[C@@H](F)C[C@H]3c3cc(F)ccc3F)cc12. The number of aromatic nitrogens is 2. The molecule has 1 fully saturated rings. The number of halogens is 3. The van der Waals surface area contributed by atoms with Gasteiger partial charge in [-0.05, 0) is 51.1 Å². The Balaban J connectivity index is 1.72. The fourth-order valence-electron chi connectivity index (χ4n) is 3.79. The van der Waals surface area contributed by atoms with Crippen LogP contribution in [0.4, 0.5) is 18.9 Å². The van der Waals surface area contributed by atoms with Crippen molar-refractivity contribution in [2.75, 3.05) is 11.4 Å². The van der Waals surface area contributed by atoms with Gasteiger partial charge in [-0.2, -0.15) is 5.10 Å². The zero-order chi connectivity index (χ0) is 24.1. The summed E-state index contributed by atoms with van der Waals surface area (Å²) in [7, 11) is -3.95. The number of rotatable bonds is 4. The highest BCUT2D eigenvalue weighted by Gasteiger charge is 2.36. The van der Waals surface area contributed by atoms with Crippen molar-refractivity contribution in [2.24, 2.45) is 0 Å². The third-order valence-electron chi connectivity index (χ3n) is 5.68. The molecule has 11 heteroatoms. The Morgan fingerprint density at radius 1 is 1.18 bits per heavy atom. The van der Waals surface area contributed by atoms with Gasteiger partial charge in [0.1, 0.15) is 17.8 Å². The molecule has 1 aliphatic heterocycles. The molecule has 0 saturated carbocycles. The van der Waals surface area contributed by atoms with E-state index in [1.54, 1.807) is 17.0 Å². The average Bonchev–Trinajstić information content (AvgIpc) is 3.31. The van der Waals surface area contributed by atoms with Crippen LogP contribution in [0.5, 0.6) is 0 Å². The summed E-state index contributed by atoms with van der Waals surface area (Å²) in [5, 5.41) is 4.08. The van der Waals surface area contributed by atoms with Crippen molar-refractivity contribution < 1.29 is 26.4 Å². The molecule has 1 aliphatic rings. The van der Waals surface area contributed by atoms with Gasteiger partial charge in [-0.25, -0.2) is 30.8 Å². The molecular weight excluding hydrogens is 457 g/mol. The molecule has 1 amide bonds. The second-order valence-electron chi connectivity index (χ2n) is 8.99. The molecule has 4 rings (SSSR count). The van der Waals surface area contributed by atoms with Crippen molar-refractivity contribution in [3.8, 4) is 0 Å². The number of pyridine rings is 1. The predicted molar refractivity (Wildman–Crippen MR) is 117 cm³/mol. The lowest BCUT2D eigenvalue weighted by atomic mass is 10.0. The summed E-state index contributed by atoms with van der Waals surface area (Å²) in [4.78, 5) is 14.3. The summed E-state index contributed by atoms with van der Waals surface area (Å²) in [6, 6.07) is 5.48. The number of hydrogen-bond acceptors (Lipinski definition) is 5. The molecule has 1 N–H and O–H groups in total. The monoisotopic (exact) mass is 480 g/mol. The maximum atomic E-state index is 14.4. The number of benzene rings is 1. The largest absolute Gasteiger partial charge is 0.361 e. The lowest BCUT2D eigenvalue weighted by molar-refractivity contribution is 0.0982. The highest BCUT2D eigenvalue weighted by molar-refractivity contribution is 7.91. The molecule has 2 atom stereocenters. The molecule has 3 heterocycles. The summed E-state index contributed by atoms with van der Waals surface area (Å²) in [5.41, 5.74) is 0.798. The van der Waals surface area contributed by atoms with Crippen molar-refractivity contribution in [1.29, 1.82) is 0 Å². The van der Waals surface area contributed by atoms with Crippen LogP contribution in [0.15, 0.2) is 42.7 Å². The van der Waals surface area contributed by atoms with Gasteiger partial charge in [-0.3, -0.25) is 4.79 Å². The Labute approximate surface area is 189 Å². The van der Waals surface area contributed by atoms with Gasteiger partial charge >= 0.3 is 0 Å². The number of amides is 1. The number of hydrogen-bond donors (Lipinski definition) is 1. The predicted octanol–water partition coefficient (Wildman–Crippen LogP) is 3.76. The minimum absolute atomic E-state index is 0.00848. The first kappa shape index (κ1) is 23.1. The van der Waals surface area contributed by atoms with Crippen LogP contribution in [-0.2, 0) is 10.0 Å². The summed E-state index contributed by atoms with van der Waals surface area (Å²) >= 11 is 0. The molecular formula is C22H23F3N4O3S. The van der Waals surface area contributed by atoms with Gasteiger partial charge in [0.2, 0.25) is 10.0 Å². The first-order valence-corrected chi connectivity index (χ1v) is 11.8. The second kappa shape index (κ2) is 8.05. The van der Waals surface area contributed by atoms with Crippen LogP contribution in [0.1, 0.15) is 49.2 Å². The van der Waals surface area contributed by atoms with Gasteiger partial charge < -0.3 is 4.90 Å². The molecule has 3 aromatic rings. The quantitative estimate of drug-likeness (QED) is 0.615. The fraction of sp³-hybridized carbons (Fsp3) is 0.364. The molecule has 176 valence electrons. The molecule has 0 radical (unpaired) electrons. The maximum absolute atomic E-state index is 14.4. The zero-order valence-corrected chi connectivity index (χ0v) is 19.0. The highest BCUT2D eigenvalue weighted by atomic mass is 32.2. The average molecular weight is 481 g/mol. The number of carbonyl (C=O) groups excluding carboxylic acids is 1. The lowest BCUT2D eigenvalue weighted by Gasteiger charge is -2.27. The number of sulfonamides is 1. The minimum Gasteiger partial charge on any atom is -0.361 e. The standard InChI is InChI=1S/C22H23F3N4O3S/c1-22(2,3)33(31,32)27-21(30)17-11-26-29-7-6-15(10-20(17)29)28-12-14(24)9-19(28)16-8-13(23)4-5-18(16)25/h4-8,10-11,14,19H,9,12H2,1-3H3,(H,27,30)/t14-,19-/m0/s1. The van der Waals surface area contributed by atoms with Crippen molar-refractivity contribution in [1.82, 2.24) is 14.3 Å². The number of nitrogens with zero attached hydrogens (tertiary/aromatic N) is 3. The van der Waals surface area contributed by atoms with E-state index in [-0.39, 0.29) is 29.6 Å². The Morgan fingerprint density at radius 3 is 2.61 bits per heavy atom. The van der Waals surface area contributed by atoms with E-state index in [1.807, 2.05) is 0 Å². The van der Waals surface area contributed by atoms with Crippen LogP contribution < -0.4 is 9.62 Å². The Bertz CT molecular complexity index is 1330. The molecule has 7 nitrogen and oxygen atoms in total. The Kier molecular flexibility index (Phi) is 5.63. The summed E-state index contributed by atoms with van der Waals surface area (Å²) in [5.74, 6) is -2.12. The minimum atomic E-state index is -3.95. The molecule has 0 bridgehead atoms. The van der Waals surface area contributed by atoms with Crippen LogP contribution >= 0.6 is 0 Å². The Morgan fingerprint density at radius 2 is 1.91 bits per heavy atom. The van der Waals surface area contributed by atoms with Crippen molar-refractivity contribution in [2.45, 2.75) is 44.2 Å². The summed E-state index contributed by atoms with van der Waals surface area (Å²) in [6.07, 6.45) is 1.48. The van der Waals surface area contributed by atoms with Gasteiger partial charge in [0.15, 0.2) is 0 Å². The van der Waals surface area contributed by atoms with Gasteiger partial charge in [-0.15, -0.1) is 0 Å². The number of fused-ring (bicyclic) bond motifs is 1. The molecule has 0 aliphatic carbocycles. The topological polar surface area (TPSA) is 83.8 Å². The van der Waals surface area contributed by atoms with Gasteiger partial charge in [-0.1, -0.05) is 0 Å². The van der Waals surface area contributed by atoms with E-state index in [2.05, 4.69) is 9.82 Å². The van der Waals surface area contributed by atoms with Gasteiger partial charge in [0, 0.05) is 30.4 Å². The molecule has 2 aromatic heterocycles. The summed E-state index contributed by atoms with van der Waals surface area (Å²) in [6.45, 7) is 4.33. The van der Waals surface area contributed by atoms with Crippen LogP contribution in [-0.4, -0.2) is 41.4 Å². The number of anilines is 1. The van der Waals surface area contributed by atoms with E-state index in [4.69, 9.17) is 0 Å². The van der Waals surface area contributed by atoms with E-state index < -0.39 is 44.5 Å². The van der Waals surface area contributed by atoms with E-state index in [1.165, 1.54) is 37.7 Å². The summed E-state index contributed by atoms with van der Waals surface area (Å²) < 4.78 is 69.6. The van der Waals surface area contributed by atoms with E-state index in [0.717, 1.165) is 18.2 Å². The van der Waals surface area contributed by atoms with Crippen molar-refractivity contribution in [3.05, 3.63) is 65.5 Å². The smallest absolute Gasteiger partial charge is 0.268 e. The van der Waals surface area contributed by atoms with Crippen LogP contribution in [0.3, 0.4) is 0 Å². The lowest BCUT2D eigenvalue weighted by Crippen LogP contribution is -2.42. The van der Waals surface area contributed by atoms with Crippen LogP contribution in [0.2, 0.25) is 0 Å². The third-order valence-corrected chi connectivity index (χ3v) is 7.75. The van der Waals surface area contributed by atoms with Gasteiger partial charge in [0.05, 0.1) is 28.1 Å². The third kappa shape index (κ3) is 4.29. The molecule has 33 heavy (non-hydrogen) atoms. The molecule has 1 saturated heterocycles. The van der Waals surface area contributed by atoms with Crippen molar-refractivity contribution in [3.63, 3.8) is 0 Å². The first-order valence-electron chi connectivity index (χ1n) is 10.3. The number of carbonyl (C=O) groups is 1. The maximum Gasteiger partial charge on any atom is 0.268 e. The zero-order valence-electron chi connectivity index (χ0n) is 18.2. The molecule has 0 spiro atoms. The molecule has 0 unspecified atom stereocenters. The van der Waals surface area contributed by atoms with E-state index in [9.17, 15) is 26.4 Å². The van der Waals surface area contributed by atoms with E-state index >= 15 is 0 Å².